The summed E-state index contributed by atoms with van der Waals surface area (Å²) < 4.78 is 10.9. The summed E-state index contributed by atoms with van der Waals surface area (Å²) in [5.41, 5.74) is 0.850. The van der Waals surface area contributed by atoms with Crippen LogP contribution in [0.25, 0.3) is 0 Å². The van der Waals surface area contributed by atoms with Crippen molar-refractivity contribution >= 4 is 11.7 Å². The number of nitrogens with zero attached hydrogens (tertiary/aromatic N) is 2. The SMILES string of the molecule is CCOc1cccc(Nc2nnc(CNC(C)C)o2)c1. The number of ether oxygens (including phenoxy) is 1. The number of anilines is 2. The van der Waals surface area contributed by atoms with E-state index < -0.39 is 0 Å². The highest BCUT2D eigenvalue weighted by Crippen LogP contribution is 2.20. The van der Waals surface area contributed by atoms with E-state index in [1.54, 1.807) is 0 Å². The zero-order valence-corrected chi connectivity index (χ0v) is 12.0. The molecule has 0 saturated heterocycles. The van der Waals surface area contributed by atoms with Crippen molar-refractivity contribution < 1.29 is 9.15 Å². The summed E-state index contributed by atoms with van der Waals surface area (Å²) in [5.74, 6) is 1.36. The first-order chi connectivity index (χ1) is 9.67. The average Bonchev–Trinajstić information content (AvgIpc) is 2.85. The first-order valence-corrected chi connectivity index (χ1v) is 6.73. The van der Waals surface area contributed by atoms with E-state index in [-0.39, 0.29) is 0 Å². The standard InChI is InChI=1S/C14H20N4O2/c1-4-19-12-7-5-6-11(8-12)16-14-18-17-13(20-14)9-15-10(2)3/h5-8,10,15H,4,9H2,1-3H3,(H,16,18). The number of rotatable bonds is 7. The molecule has 0 spiro atoms. The topological polar surface area (TPSA) is 72.2 Å². The second-order valence-electron chi connectivity index (χ2n) is 4.62. The van der Waals surface area contributed by atoms with Crippen LogP contribution in [0.2, 0.25) is 0 Å². The molecular formula is C14H20N4O2. The first-order valence-electron chi connectivity index (χ1n) is 6.73. The number of benzene rings is 1. The van der Waals surface area contributed by atoms with Gasteiger partial charge < -0.3 is 19.8 Å². The van der Waals surface area contributed by atoms with E-state index >= 15 is 0 Å². The van der Waals surface area contributed by atoms with Gasteiger partial charge in [0.2, 0.25) is 5.89 Å². The summed E-state index contributed by atoms with van der Waals surface area (Å²) in [5, 5.41) is 14.2. The fourth-order valence-corrected chi connectivity index (χ4v) is 1.62. The zero-order valence-electron chi connectivity index (χ0n) is 12.0. The van der Waals surface area contributed by atoms with Crippen LogP contribution in [0, 0.1) is 0 Å². The van der Waals surface area contributed by atoms with Crippen molar-refractivity contribution in [3.05, 3.63) is 30.2 Å². The summed E-state index contributed by atoms with van der Waals surface area (Å²) in [6.45, 7) is 7.27. The molecule has 6 heteroatoms. The van der Waals surface area contributed by atoms with E-state index in [1.165, 1.54) is 0 Å². The molecule has 2 aromatic rings. The maximum atomic E-state index is 5.50. The fraction of sp³-hybridized carbons (Fsp3) is 0.429. The Morgan fingerprint density at radius 1 is 1.30 bits per heavy atom. The predicted molar refractivity (Wildman–Crippen MR) is 77.2 cm³/mol. The molecule has 6 nitrogen and oxygen atoms in total. The summed E-state index contributed by atoms with van der Waals surface area (Å²) in [4.78, 5) is 0. The van der Waals surface area contributed by atoms with Gasteiger partial charge >= 0.3 is 6.01 Å². The second kappa shape index (κ2) is 6.91. The number of hydrogen-bond acceptors (Lipinski definition) is 6. The van der Waals surface area contributed by atoms with Crippen molar-refractivity contribution in [2.45, 2.75) is 33.4 Å². The molecule has 0 amide bonds. The fourth-order valence-electron chi connectivity index (χ4n) is 1.62. The molecule has 0 aliphatic carbocycles. The molecule has 0 atom stereocenters. The quantitative estimate of drug-likeness (QED) is 0.810. The van der Waals surface area contributed by atoms with E-state index in [1.807, 2.05) is 31.2 Å². The number of aromatic nitrogens is 2. The molecule has 0 bridgehead atoms. The molecule has 108 valence electrons. The molecule has 0 aliphatic heterocycles. The van der Waals surface area contributed by atoms with Gasteiger partial charge in [0.1, 0.15) is 5.75 Å². The highest BCUT2D eigenvalue weighted by molar-refractivity contribution is 5.54. The van der Waals surface area contributed by atoms with Crippen LogP contribution in [0.15, 0.2) is 28.7 Å². The third kappa shape index (κ3) is 4.24. The zero-order chi connectivity index (χ0) is 14.4. The number of hydrogen-bond donors (Lipinski definition) is 2. The second-order valence-corrected chi connectivity index (χ2v) is 4.62. The highest BCUT2D eigenvalue weighted by atomic mass is 16.5. The third-order valence-corrected chi connectivity index (χ3v) is 2.52. The first kappa shape index (κ1) is 14.3. The lowest BCUT2D eigenvalue weighted by Gasteiger charge is -2.06. The molecule has 1 aromatic carbocycles. The monoisotopic (exact) mass is 276 g/mol. The Morgan fingerprint density at radius 2 is 2.15 bits per heavy atom. The maximum Gasteiger partial charge on any atom is 0.320 e. The summed E-state index contributed by atoms with van der Waals surface area (Å²) in [7, 11) is 0. The Balaban J connectivity index is 1.97. The van der Waals surface area contributed by atoms with Crippen LogP contribution in [0.5, 0.6) is 5.75 Å². The minimum atomic E-state index is 0.374. The van der Waals surface area contributed by atoms with Crippen molar-refractivity contribution in [2.75, 3.05) is 11.9 Å². The molecule has 1 aromatic heterocycles. The lowest BCUT2D eigenvalue weighted by molar-refractivity contribution is 0.340. The number of nitrogens with one attached hydrogen (secondary N) is 2. The van der Waals surface area contributed by atoms with Crippen molar-refractivity contribution in [3.63, 3.8) is 0 Å². The third-order valence-electron chi connectivity index (χ3n) is 2.52. The minimum Gasteiger partial charge on any atom is -0.494 e. The Hall–Kier alpha value is -2.08. The van der Waals surface area contributed by atoms with Gasteiger partial charge in [-0.2, -0.15) is 0 Å². The van der Waals surface area contributed by atoms with Gasteiger partial charge in [-0.25, -0.2) is 0 Å². The molecule has 2 N–H and O–H groups in total. The predicted octanol–water partition coefficient (Wildman–Crippen LogP) is 2.71. The van der Waals surface area contributed by atoms with Crippen LogP contribution in [0.3, 0.4) is 0 Å². The van der Waals surface area contributed by atoms with Crippen LogP contribution >= 0.6 is 0 Å². The average molecular weight is 276 g/mol. The van der Waals surface area contributed by atoms with Gasteiger partial charge in [-0.1, -0.05) is 25.0 Å². The Bertz CT molecular complexity index is 539. The van der Waals surface area contributed by atoms with Crippen LogP contribution in [-0.2, 0) is 6.54 Å². The van der Waals surface area contributed by atoms with E-state index in [2.05, 4.69) is 34.7 Å². The molecule has 2 rings (SSSR count). The van der Waals surface area contributed by atoms with Gasteiger partial charge in [-0.05, 0) is 19.1 Å². The molecule has 1 heterocycles. The largest absolute Gasteiger partial charge is 0.494 e. The molecule has 0 saturated carbocycles. The van der Waals surface area contributed by atoms with Crippen LogP contribution in [-0.4, -0.2) is 22.8 Å². The van der Waals surface area contributed by atoms with Crippen LogP contribution in [0.1, 0.15) is 26.7 Å². The Kier molecular flexibility index (Phi) is 4.95. The van der Waals surface area contributed by atoms with Crippen molar-refractivity contribution in [1.82, 2.24) is 15.5 Å². The van der Waals surface area contributed by atoms with Gasteiger partial charge in [-0.3, -0.25) is 0 Å². The van der Waals surface area contributed by atoms with Crippen LogP contribution < -0.4 is 15.4 Å². The van der Waals surface area contributed by atoms with Gasteiger partial charge in [0.05, 0.1) is 13.2 Å². The van der Waals surface area contributed by atoms with E-state index in [9.17, 15) is 0 Å². The van der Waals surface area contributed by atoms with Crippen molar-refractivity contribution in [2.24, 2.45) is 0 Å². The summed E-state index contributed by atoms with van der Waals surface area (Å²) >= 11 is 0. The smallest absolute Gasteiger partial charge is 0.320 e. The Labute approximate surface area is 118 Å². The Morgan fingerprint density at radius 3 is 2.90 bits per heavy atom. The lowest BCUT2D eigenvalue weighted by Crippen LogP contribution is -2.21. The molecule has 0 aliphatic rings. The van der Waals surface area contributed by atoms with Gasteiger partial charge in [0.25, 0.3) is 0 Å². The summed E-state index contributed by atoms with van der Waals surface area (Å²) in [6, 6.07) is 8.37. The van der Waals surface area contributed by atoms with Gasteiger partial charge in [0, 0.05) is 17.8 Å². The molecule has 20 heavy (non-hydrogen) atoms. The maximum absolute atomic E-state index is 5.50. The molecule has 0 radical (unpaired) electrons. The van der Waals surface area contributed by atoms with Gasteiger partial charge in [-0.15, -0.1) is 5.10 Å². The normalized spacial score (nSPS) is 10.8. The van der Waals surface area contributed by atoms with Crippen LogP contribution in [0.4, 0.5) is 11.7 Å². The highest BCUT2D eigenvalue weighted by Gasteiger charge is 2.07. The summed E-state index contributed by atoms with van der Waals surface area (Å²) in [6.07, 6.45) is 0. The van der Waals surface area contributed by atoms with E-state index in [4.69, 9.17) is 9.15 Å². The van der Waals surface area contributed by atoms with E-state index in [0.717, 1.165) is 11.4 Å². The molecular weight excluding hydrogens is 256 g/mol. The van der Waals surface area contributed by atoms with Crippen molar-refractivity contribution in [1.29, 1.82) is 0 Å². The minimum absolute atomic E-state index is 0.374. The molecule has 0 fully saturated rings. The molecule has 0 unspecified atom stereocenters. The van der Waals surface area contributed by atoms with Crippen molar-refractivity contribution in [3.8, 4) is 5.75 Å². The van der Waals surface area contributed by atoms with Gasteiger partial charge in [0.15, 0.2) is 0 Å². The van der Waals surface area contributed by atoms with E-state index in [0.29, 0.717) is 31.1 Å². The lowest BCUT2D eigenvalue weighted by atomic mass is 10.3.